The van der Waals surface area contributed by atoms with Crippen molar-refractivity contribution in [3.8, 4) is 0 Å². The summed E-state index contributed by atoms with van der Waals surface area (Å²) in [5.41, 5.74) is 1.82. The molecule has 1 aromatic carbocycles. The highest BCUT2D eigenvalue weighted by molar-refractivity contribution is 14.0. The maximum absolute atomic E-state index is 14.0. The van der Waals surface area contributed by atoms with Crippen molar-refractivity contribution in [3.63, 3.8) is 0 Å². The summed E-state index contributed by atoms with van der Waals surface area (Å²) in [6, 6.07) is 11.0. The molecule has 1 aliphatic heterocycles. The Bertz CT molecular complexity index is 925. The number of amides is 1. The minimum Gasteiger partial charge on any atom is -0.352 e. The summed E-state index contributed by atoms with van der Waals surface area (Å²) in [6.45, 7) is 5.88. The van der Waals surface area contributed by atoms with Gasteiger partial charge in [-0.15, -0.1) is 24.0 Å². The Hall–Kier alpha value is -2.43. The van der Waals surface area contributed by atoms with E-state index in [9.17, 15) is 9.18 Å². The SMILES string of the molecule is CCC(C)C(=O)Nc1cccc(CNC(=NC)NC2CCN(c3ncccc3F)C2)c1.I. The molecule has 0 bridgehead atoms. The molecular weight excluding hydrogens is 522 g/mol. The molecule has 2 atom stereocenters. The van der Waals surface area contributed by atoms with Gasteiger partial charge in [-0.25, -0.2) is 9.37 Å². The number of hydrogen-bond acceptors (Lipinski definition) is 4. The summed E-state index contributed by atoms with van der Waals surface area (Å²) in [6.07, 6.45) is 3.29. The molecule has 3 N–H and O–H groups in total. The second-order valence-electron chi connectivity index (χ2n) is 7.81. The zero-order valence-electron chi connectivity index (χ0n) is 18.8. The van der Waals surface area contributed by atoms with E-state index in [1.165, 1.54) is 6.07 Å². The molecule has 1 fully saturated rings. The highest BCUT2D eigenvalue weighted by Crippen LogP contribution is 2.20. The fourth-order valence-corrected chi connectivity index (χ4v) is 3.46. The largest absolute Gasteiger partial charge is 0.352 e. The summed E-state index contributed by atoms with van der Waals surface area (Å²) in [4.78, 5) is 22.5. The van der Waals surface area contributed by atoms with Crippen LogP contribution in [-0.2, 0) is 11.3 Å². The quantitative estimate of drug-likeness (QED) is 0.276. The van der Waals surface area contributed by atoms with Crippen molar-refractivity contribution >= 4 is 47.3 Å². The maximum Gasteiger partial charge on any atom is 0.227 e. The normalized spacial score (nSPS) is 16.8. The number of halogens is 2. The van der Waals surface area contributed by atoms with E-state index in [-0.39, 0.29) is 47.7 Å². The molecule has 1 aliphatic rings. The maximum atomic E-state index is 14.0. The number of nitrogens with zero attached hydrogens (tertiary/aromatic N) is 3. The first-order valence-corrected chi connectivity index (χ1v) is 10.7. The van der Waals surface area contributed by atoms with Crippen LogP contribution in [0.25, 0.3) is 0 Å². The average Bonchev–Trinajstić information content (AvgIpc) is 3.24. The predicted molar refractivity (Wildman–Crippen MR) is 138 cm³/mol. The summed E-state index contributed by atoms with van der Waals surface area (Å²) in [5.74, 6) is 0.787. The van der Waals surface area contributed by atoms with Gasteiger partial charge in [-0.05, 0) is 42.7 Å². The minimum atomic E-state index is -0.300. The van der Waals surface area contributed by atoms with Crippen molar-refractivity contribution in [2.45, 2.75) is 39.3 Å². The summed E-state index contributed by atoms with van der Waals surface area (Å²) in [5, 5.41) is 9.68. The highest BCUT2D eigenvalue weighted by atomic mass is 127. The first-order chi connectivity index (χ1) is 15.0. The van der Waals surface area contributed by atoms with Crippen LogP contribution in [0.3, 0.4) is 0 Å². The van der Waals surface area contributed by atoms with Crippen molar-refractivity contribution in [2.24, 2.45) is 10.9 Å². The molecule has 0 aliphatic carbocycles. The predicted octanol–water partition coefficient (Wildman–Crippen LogP) is 3.77. The van der Waals surface area contributed by atoms with E-state index in [1.54, 1.807) is 19.3 Å². The van der Waals surface area contributed by atoms with E-state index in [2.05, 4.69) is 25.9 Å². The van der Waals surface area contributed by atoms with Gasteiger partial charge in [0.15, 0.2) is 17.6 Å². The number of carbonyl (C=O) groups is 1. The van der Waals surface area contributed by atoms with Gasteiger partial charge in [0.05, 0.1) is 0 Å². The lowest BCUT2D eigenvalue weighted by Gasteiger charge is -2.20. The molecule has 0 radical (unpaired) electrons. The van der Waals surface area contributed by atoms with Gasteiger partial charge in [0.25, 0.3) is 0 Å². The van der Waals surface area contributed by atoms with E-state index in [0.29, 0.717) is 24.9 Å². The number of benzene rings is 1. The third-order valence-electron chi connectivity index (χ3n) is 5.51. The molecule has 3 rings (SSSR count). The first-order valence-electron chi connectivity index (χ1n) is 10.7. The number of carbonyl (C=O) groups excluding carboxylic acids is 1. The molecule has 0 spiro atoms. The number of aromatic nitrogens is 1. The second kappa shape index (κ2) is 12.6. The molecule has 1 amide bonds. The van der Waals surface area contributed by atoms with E-state index in [1.807, 2.05) is 43.0 Å². The summed E-state index contributed by atoms with van der Waals surface area (Å²) in [7, 11) is 1.73. The number of guanidine groups is 1. The van der Waals surface area contributed by atoms with Crippen LogP contribution in [0.4, 0.5) is 15.9 Å². The Kier molecular flexibility index (Phi) is 10.1. The van der Waals surface area contributed by atoms with Crippen molar-refractivity contribution in [1.82, 2.24) is 15.6 Å². The van der Waals surface area contributed by atoms with E-state index >= 15 is 0 Å². The van der Waals surface area contributed by atoms with Crippen molar-refractivity contribution in [2.75, 3.05) is 30.4 Å². The Morgan fingerprint density at radius 1 is 1.34 bits per heavy atom. The molecule has 7 nitrogen and oxygen atoms in total. The van der Waals surface area contributed by atoms with Gasteiger partial charge in [-0.2, -0.15) is 0 Å². The standard InChI is InChI=1S/C23H31FN6O.HI/c1-4-16(2)22(31)28-18-8-5-7-17(13-18)14-27-23(25-3)29-19-10-12-30(15-19)21-20(24)9-6-11-26-21;/h5-9,11,13,16,19H,4,10,12,14-15H2,1-3H3,(H,28,31)(H2,25,27,29);1H. The molecule has 2 heterocycles. The molecular formula is C23H32FIN6O. The van der Waals surface area contributed by atoms with Gasteiger partial charge in [-0.1, -0.05) is 26.0 Å². The van der Waals surface area contributed by atoms with E-state index < -0.39 is 0 Å². The van der Waals surface area contributed by atoms with Crippen LogP contribution in [0, 0.1) is 11.7 Å². The summed E-state index contributed by atoms with van der Waals surface area (Å²) < 4.78 is 14.0. The van der Waals surface area contributed by atoms with Crippen molar-refractivity contribution in [1.29, 1.82) is 0 Å². The van der Waals surface area contributed by atoms with E-state index in [4.69, 9.17) is 0 Å². The molecule has 32 heavy (non-hydrogen) atoms. The average molecular weight is 554 g/mol. The lowest BCUT2D eigenvalue weighted by atomic mass is 10.1. The van der Waals surface area contributed by atoms with Gasteiger partial charge >= 0.3 is 0 Å². The number of rotatable bonds is 7. The van der Waals surface area contributed by atoms with Crippen LogP contribution in [0.15, 0.2) is 47.6 Å². The van der Waals surface area contributed by atoms with Gasteiger partial charge in [-0.3, -0.25) is 9.79 Å². The third-order valence-corrected chi connectivity index (χ3v) is 5.51. The lowest BCUT2D eigenvalue weighted by molar-refractivity contribution is -0.119. The lowest BCUT2D eigenvalue weighted by Crippen LogP contribution is -2.44. The third kappa shape index (κ3) is 7.04. The Balaban J connectivity index is 0.00000363. The molecule has 2 aromatic rings. The van der Waals surface area contributed by atoms with Crippen LogP contribution in [0.1, 0.15) is 32.3 Å². The molecule has 174 valence electrons. The van der Waals surface area contributed by atoms with Gasteiger partial charge in [0.2, 0.25) is 5.91 Å². The minimum absolute atomic E-state index is 0. The van der Waals surface area contributed by atoms with Crippen LogP contribution in [0.2, 0.25) is 0 Å². The van der Waals surface area contributed by atoms with Gasteiger partial charge < -0.3 is 20.9 Å². The number of aliphatic imine (C=N–C) groups is 1. The molecule has 1 saturated heterocycles. The number of hydrogen-bond donors (Lipinski definition) is 3. The number of nitrogens with one attached hydrogen (secondary N) is 3. The molecule has 9 heteroatoms. The monoisotopic (exact) mass is 554 g/mol. The second-order valence-corrected chi connectivity index (χ2v) is 7.81. The van der Waals surface area contributed by atoms with Crippen molar-refractivity contribution < 1.29 is 9.18 Å². The Morgan fingerprint density at radius 3 is 2.88 bits per heavy atom. The topological polar surface area (TPSA) is 81.6 Å². The Labute approximate surface area is 206 Å². The Morgan fingerprint density at radius 2 is 2.16 bits per heavy atom. The number of anilines is 2. The first kappa shape index (κ1) is 25.8. The van der Waals surface area contributed by atoms with Crippen molar-refractivity contribution in [3.05, 3.63) is 54.0 Å². The van der Waals surface area contributed by atoms with Crippen LogP contribution in [0.5, 0.6) is 0 Å². The van der Waals surface area contributed by atoms with Crippen LogP contribution < -0.4 is 20.9 Å². The highest BCUT2D eigenvalue weighted by Gasteiger charge is 2.25. The fraction of sp³-hybridized carbons (Fsp3) is 0.435. The van der Waals surface area contributed by atoms with E-state index in [0.717, 1.165) is 30.6 Å². The van der Waals surface area contributed by atoms with Crippen LogP contribution >= 0.6 is 24.0 Å². The zero-order chi connectivity index (χ0) is 22.2. The van der Waals surface area contributed by atoms with Gasteiger partial charge in [0, 0.05) is 50.5 Å². The molecule has 0 saturated carbocycles. The molecule has 1 aromatic heterocycles. The molecule has 2 unspecified atom stereocenters. The van der Waals surface area contributed by atoms with Crippen LogP contribution in [-0.4, -0.2) is 43.0 Å². The fourth-order valence-electron chi connectivity index (χ4n) is 3.46. The smallest absolute Gasteiger partial charge is 0.227 e. The zero-order valence-corrected chi connectivity index (χ0v) is 21.1. The summed E-state index contributed by atoms with van der Waals surface area (Å²) >= 11 is 0. The number of pyridine rings is 1. The van der Waals surface area contributed by atoms with Gasteiger partial charge in [0.1, 0.15) is 0 Å².